The molecule has 0 aliphatic heterocycles. The quantitative estimate of drug-likeness (QED) is 0.827. The van der Waals surface area contributed by atoms with E-state index >= 15 is 0 Å². The normalized spacial score (nSPS) is 14.7. The number of rotatable bonds is 4. The van der Waals surface area contributed by atoms with Crippen molar-refractivity contribution in [3.63, 3.8) is 0 Å². The number of halogens is 2. The Labute approximate surface area is 149 Å². The van der Waals surface area contributed by atoms with Crippen LogP contribution in [0.1, 0.15) is 41.3 Å². The molecular formula is C18H21F2N3OS. The van der Waals surface area contributed by atoms with Crippen LogP contribution < -0.4 is 5.32 Å². The van der Waals surface area contributed by atoms with Gasteiger partial charge in [-0.3, -0.25) is 0 Å². The van der Waals surface area contributed by atoms with Gasteiger partial charge in [-0.2, -0.15) is 0 Å². The maximum atomic E-state index is 13.4. The first-order valence-corrected chi connectivity index (χ1v) is 9.21. The van der Waals surface area contributed by atoms with E-state index in [0.717, 1.165) is 53.4 Å². The zero-order valence-electron chi connectivity index (χ0n) is 14.3. The number of anilines is 1. The third-order valence-corrected chi connectivity index (χ3v) is 5.57. The lowest BCUT2D eigenvalue weighted by molar-refractivity contribution is 0.185. The highest BCUT2D eigenvalue weighted by atomic mass is 32.1. The summed E-state index contributed by atoms with van der Waals surface area (Å²) in [6, 6.07) is 3.25. The molecule has 1 heterocycles. The van der Waals surface area contributed by atoms with Gasteiger partial charge < -0.3 is 10.2 Å². The van der Waals surface area contributed by atoms with Crippen molar-refractivity contribution in [2.24, 2.45) is 0 Å². The van der Waals surface area contributed by atoms with Gasteiger partial charge in [0, 0.05) is 22.7 Å². The number of hydrogen-bond donors (Lipinski definition) is 1. The van der Waals surface area contributed by atoms with E-state index in [9.17, 15) is 13.6 Å². The molecule has 0 saturated heterocycles. The van der Waals surface area contributed by atoms with Gasteiger partial charge in [0.15, 0.2) is 11.6 Å². The fourth-order valence-corrected chi connectivity index (χ4v) is 4.16. The minimum atomic E-state index is -0.973. The monoisotopic (exact) mass is 365 g/mol. The number of carbonyl (C=O) groups excluding carboxylic acids is 1. The molecule has 0 bridgehead atoms. The molecular weight excluding hydrogens is 344 g/mol. The van der Waals surface area contributed by atoms with Crippen molar-refractivity contribution >= 4 is 23.1 Å². The summed E-state index contributed by atoms with van der Waals surface area (Å²) >= 11 is 1.59. The number of aryl methyl sites for hydroxylation is 2. The molecule has 1 aliphatic carbocycles. The first kappa shape index (κ1) is 17.8. The van der Waals surface area contributed by atoms with Crippen LogP contribution >= 0.6 is 11.3 Å². The van der Waals surface area contributed by atoms with Gasteiger partial charge in [-0.15, -0.1) is 11.3 Å². The van der Waals surface area contributed by atoms with Crippen molar-refractivity contribution in [1.82, 2.24) is 9.88 Å². The molecule has 1 aliphatic rings. The van der Waals surface area contributed by atoms with Crippen LogP contribution in [0.2, 0.25) is 0 Å². The molecule has 1 saturated carbocycles. The first-order valence-electron chi connectivity index (χ1n) is 8.39. The molecule has 1 aromatic carbocycles. The van der Waals surface area contributed by atoms with E-state index in [2.05, 4.69) is 10.3 Å². The lowest BCUT2D eigenvalue weighted by Crippen LogP contribution is -2.41. The summed E-state index contributed by atoms with van der Waals surface area (Å²) in [7, 11) is 0. The Morgan fingerprint density at radius 2 is 2.00 bits per heavy atom. The van der Waals surface area contributed by atoms with Gasteiger partial charge in [-0.1, -0.05) is 12.8 Å². The standard InChI is InChI=1S/C18H21F2N3OS/c1-11-17(25-12(2)21-11)10-23(14-5-3-4-6-14)18(24)22-13-7-8-15(19)16(20)9-13/h7-9,14H,3-6,10H2,1-2H3,(H,22,24). The largest absolute Gasteiger partial charge is 0.322 e. The number of thiazole rings is 1. The average Bonchev–Trinajstić information content (AvgIpc) is 3.18. The number of aromatic nitrogens is 1. The maximum absolute atomic E-state index is 13.4. The number of hydrogen-bond acceptors (Lipinski definition) is 3. The van der Waals surface area contributed by atoms with Crippen LogP contribution in [0.4, 0.5) is 19.3 Å². The van der Waals surface area contributed by atoms with Crippen molar-refractivity contribution in [3.05, 3.63) is 45.4 Å². The van der Waals surface area contributed by atoms with Crippen molar-refractivity contribution in [1.29, 1.82) is 0 Å². The first-order chi connectivity index (χ1) is 11.9. The molecule has 1 N–H and O–H groups in total. The number of benzene rings is 1. The minimum Gasteiger partial charge on any atom is -0.316 e. The van der Waals surface area contributed by atoms with Crippen LogP contribution in [0, 0.1) is 25.5 Å². The van der Waals surface area contributed by atoms with E-state index in [1.54, 1.807) is 16.2 Å². The highest BCUT2D eigenvalue weighted by Gasteiger charge is 2.28. The number of nitrogens with one attached hydrogen (secondary N) is 1. The summed E-state index contributed by atoms with van der Waals surface area (Å²) in [6.45, 7) is 4.37. The fourth-order valence-electron chi connectivity index (χ4n) is 3.23. The molecule has 7 heteroatoms. The van der Waals surface area contributed by atoms with E-state index in [1.165, 1.54) is 6.07 Å². The molecule has 3 rings (SSSR count). The number of carbonyl (C=O) groups is 1. The molecule has 2 aromatic rings. The Balaban J connectivity index is 1.79. The Kier molecular flexibility index (Phi) is 5.32. The zero-order chi connectivity index (χ0) is 18.0. The van der Waals surface area contributed by atoms with E-state index in [0.29, 0.717) is 6.54 Å². The van der Waals surface area contributed by atoms with E-state index in [1.807, 2.05) is 13.8 Å². The van der Waals surface area contributed by atoms with Crippen molar-refractivity contribution in [2.75, 3.05) is 5.32 Å². The zero-order valence-corrected chi connectivity index (χ0v) is 15.1. The molecule has 25 heavy (non-hydrogen) atoms. The van der Waals surface area contributed by atoms with Gasteiger partial charge in [-0.05, 0) is 38.8 Å². The number of nitrogens with zero attached hydrogens (tertiary/aromatic N) is 2. The van der Waals surface area contributed by atoms with Crippen LogP contribution in [-0.4, -0.2) is 22.0 Å². The summed E-state index contributed by atoms with van der Waals surface area (Å²) in [5, 5.41) is 3.67. The Morgan fingerprint density at radius 1 is 1.28 bits per heavy atom. The lowest BCUT2D eigenvalue weighted by atomic mass is 10.2. The molecule has 2 amide bonds. The van der Waals surface area contributed by atoms with Gasteiger partial charge in [0.1, 0.15) is 0 Å². The number of amides is 2. The van der Waals surface area contributed by atoms with Gasteiger partial charge in [0.05, 0.1) is 17.2 Å². The van der Waals surface area contributed by atoms with Gasteiger partial charge in [-0.25, -0.2) is 18.6 Å². The predicted molar refractivity (Wildman–Crippen MR) is 94.8 cm³/mol. The second-order valence-corrected chi connectivity index (χ2v) is 7.65. The minimum absolute atomic E-state index is 0.159. The van der Waals surface area contributed by atoms with E-state index < -0.39 is 11.6 Å². The highest BCUT2D eigenvalue weighted by molar-refractivity contribution is 7.11. The van der Waals surface area contributed by atoms with Crippen LogP contribution in [0.5, 0.6) is 0 Å². The lowest BCUT2D eigenvalue weighted by Gasteiger charge is -2.29. The molecule has 134 valence electrons. The van der Waals surface area contributed by atoms with E-state index in [4.69, 9.17) is 0 Å². The van der Waals surface area contributed by atoms with Crippen molar-refractivity contribution in [3.8, 4) is 0 Å². The van der Waals surface area contributed by atoms with Crippen LogP contribution in [0.25, 0.3) is 0 Å². The maximum Gasteiger partial charge on any atom is 0.322 e. The summed E-state index contributed by atoms with van der Waals surface area (Å²) in [5.41, 5.74) is 1.19. The van der Waals surface area contributed by atoms with Gasteiger partial charge >= 0.3 is 6.03 Å². The van der Waals surface area contributed by atoms with Gasteiger partial charge in [0.2, 0.25) is 0 Å². The van der Waals surface area contributed by atoms with Crippen LogP contribution in [-0.2, 0) is 6.54 Å². The summed E-state index contributed by atoms with van der Waals surface area (Å²) < 4.78 is 26.5. The Bertz CT molecular complexity index is 772. The summed E-state index contributed by atoms with van der Waals surface area (Å²) in [5.74, 6) is -1.90. The number of urea groups is 1. The predicted octanol–water partition coefficient (Wildman–Crippen LogP) is 5.01. The molecule has 0 spiro atoms. The second-order valence-electron chi connectivity index (χ2n) is 6.37. The molecule has 0 radical (unpaired) electrons. The molecule has 4 nitrogen and oxygen atoms in total. The third-order valence-electron chi connectivity index (χ3n) is 4.51. The molecule has 0 unspecified atom stereocenters. The van der Waals surface area contributed by atoms with Crippen LogP contribution in [0.3, 0.4) is 0 Å². The van der Waals surface area contributed by atoms with Crippen molar-refractivity contribution < 1.29 is 13.6 Å². The topological polar surface area (TPSA) is 45.2 Å². The van der Waals surface area contributed by atoms with Crippen LogP contribution in [0.15, 0.2) is 18.2 Å². The second kappa shape index (κ2) is 7.47. The molecule has 1 fully saturated rings. The Morgan fingerprint density at radius 3 is 2.60 bits per heavy atom. The highest BCUT2D eigenvalue weighted by Crippen LogP contribution is 2.28. The summed E-state index contributed by atoms with van der Waals surface area (Å²) in [6.07, 6.45) is 4.12. The Hall–Kier alpha value is -2.02. The van der Waals surface area contributed by atoms with Gasteiger partial charge in [0.25, 0.3) is 0 Å². The molecule has 0 atom stereocenters. The average molecular weight is 365 g/mol. The fraction of sp³-hybridized carbons (Fsp3) is 0.444. The molecule has 1 aromatic heterocycles. The SMILES string of the molecule is Cc1nc(C)c(CN(C(=O)Nc2ccc(F)c(F)c2)C2CCCC2)s1. The van der Waals surface area contributed by atoms with Crippen molar-refractivity contribution in [2.45, 2.75) is 52.1 Å². The summed E-state index contributed by atoms with van der Waals surface area (Å²) in [4.78, 5) is 20.1. The smallest absolute Gasteiger partial charge is 0.316 e. The third kappa shape index (κ3) is 4.15. The van der Waals surface area contributed by atoms with E-state index in [-0.39, 0.29) is 17.8 Å².